The van der Waals surface area contributed by atoms with Gasteiger partial charge < -0.3 is 15.1 Å². The van der Waals surface area contributed by atoms with E-state index in [-0.39, 0.29) is 29.8 Å². The van der Waals surface area contributed by atoms with Gasteiger partial charge in [-0.15, -0.1) is 24.0 Å². The fourth-order valence-corrected chi connectivity index (χ4v) is 3.10. The lowest BCUT2D eigenvalue weighted by molar-refractivity contribution is 0.371. The van der Waals surface area contributed by atoms with Crippen LogP contribution in [0.25, 0.3) is 0 Å². The van der Waals surface area contributed by atoms with Gasteiger partial charge in [-0.05, 0) is 37.5 Å². The minimum Gasteiger partial charge on any atom is -0.366 e. The summed E-state index contributed by atoms with van der Waals surface area (Å²) in [6.45, 7) is 7.18. The van der Waals surface area contributed by atoms with E-state index in [1.54, 1.807) is 6.07 Å². The molecule has 4 nitrogen and oxygen atoms in total. The summed E-state index contributed by atoms with van der Waals surface area (Å²) in [5.74, 6) is 1.99. The largest absolute Gasteiger partial charge is 0.366 e. The molecule has 1 N–H and O–H groups in total. The maximum atomic E-state index is 13.9. The molecule has 2 rings (SSSR count). The van der Waals surface area contributed by atoms with E-state index < -0.39 is 0 Å². The highest BCUT2D eigenvalue weighted by Gasteiger charge is 2.21. The maximum absolute atomic E-state index is 13.9. The molecule has 24 heavy (non-hydrogen) atoms. The predicted molar refractivity (Wildman–Crippen MR) is 115 cm³/mol. The van der Waals surface area contributed by atoms with Crippen molar-refractivity contribution in [3.8, 4) is 0 Å². The highest BCUT2D eigenvalue weighted by molar-refractivity contribution is 14.0. The van der Waals surface area contributed by atoms with Gasteiger partial charge in [0.05, 0.1) is 5.69 Å². The number of anilines is 1. The second kappa shape index (κ2) is 11.8. The van der Waals surface area contributed by atoms with Gasteiger partial charge in [0.25, 0.3) is 0 Å². The minimum atomic E-state index is -0.140. The molecule has 0 amide bonds. The third kappa shape index (κ3) is 6.31. The second-order valence-corrected chi connectivity index (χ2v) is 6.49. The first kappa shape index (κ1) is 21.3. The number of rotatable bonds is 6. The molecule has 0 saturated carbocycles. The van der Waals surface area contributed by atoms with E-state index in [9.17, 15) is 4.39 Å². The van der Waals surface area contributed by atoms with Crippen molar-refractivity contribution in [1.82, 2.24) is 10.2 Å². The summed E-state index contributed by atoms with van der Waals surface area (Å²) in [6.07, 6.45) is 3.22. The molecule has 1 aromatic rings. The lowest BCUT2D eigenvalue weighted by Gasteiger charge is -2.37. The van der Waals surface area contributed by atoms with Gasteiger partial charge in [-0.1, -0.05) is 12.1 Å². The molecule has 1 aliphatic heterocycles. The molecule has 0 atom stereocenters. The van der Waals surface area contributed by atoms with Crippen molar-refractivity contribution in [1.29, 1.82) is 0 Å². The quantitative estimate of drug-likeness (QED) is 0.302. The van der Waals surface area contributed by atoms with E-state index in [0.717, 1.165) is 57.4 Å². The summed E-state index contributed by atoms with van der Waals surface area (Å²) < 4.78 is 13.9. The number of aliphatic imine (C=N–C) groups is 1. The van der Waals surface area contributed by atoms with Crippen molar-refractivity contribution >= 4 is 47.4 Å². The molecule has 136 valence electrons. The second-order valence-electron chi connectivity index (χ2n) is 5.51. The number of benzene rings is 1. The Labute approximate surface area is 166 Å². The van der Waals surface area contributed by atoms with Crippen molar-refractivity contribution in [3.63, 3.8) is 0 Å². The molecule has 0 unspecified atom stereocenters. The number of halogens is 2. The Bertz CT molecular complexity index is 507. The smallest absolute Gasteiger partial charge is 0.194 e. The Hall–Kier alpha value is -0.700. The van der Waals surface area contributed by atoms with Crippen LogP contribution in [0.2, 0.25) is 0 Å². The average molecular weight is 466 g/mol. The van der Waals surface area contributed by atoms with Crippen molar-refractivity contribution in [2.45, 2.75) is 13.3 Å². The van der Waals surface area contributed by atoms with Crippen LogP contribution >= 0.6 is 35.7 Å². The molecule has 1 fully saturated rings. The number of nitrogens with zero attached hydrogens (tertiary/aromatic N) is 3. The number of hydrogen-bond acceptors (Lipinski definition) is 3. The lowest BCUT2D eigenvalue weighted by Crippen LogP contribution is -2.52. The molecular formula is C17H28FIN4S. The summed E-state index contributed by atoms with van der Waals surface area (Å²) in [7, 11) is 0. The van der Waals surface area contributed by atoms with Crippen molar-refractivity contribution in [2.24, 2.45) is 4.99 Å². The van der Waals surface area contributed by atoms with Crippen molar-refractivity contribution < 1.29 is 4.39 Å². The van der Waals surface area contributed by atoms with E-state index in [1.165, 1.54) is 6.07 Å². The van der Waals surface area contributed by atoms with Gasteiger partial charge in [0.2, 0.25) is 0 Å². The normalized spacial score (nSPS) is 15.2. The summed E-state index contributed by atoms with van der Waals surface area (Å²) in [5.41, 5.74) is 0.703. The third-order valence-electron chi connectivity index (χ3n) is 3.88. The van der Waals surface area contributed by atoms with Gasteiger partial charge in [-0.2, -0.15) is 11.8 Å². The number of para-hydroxylation sites is 1. The van der Waals surface area contributed by atoms with Crippen LogP contribution in [-0.2, 0) is 0 Å². The van der Waals surface area contributed by atoms with Gasteiger partial charge in [0.1, 0.15) is 5.82 Å². The molecule has 1 aromatic carbocycles. The number of piperazine rings is 1. The van der Waals surface area contributed by atoms with Crippen LogP contribution in [0.4, 0.5) is 10.1 Å². The Morgan fingerprint density at radius 3 is 2.58 bits per heavy atom. The molecule has 7 heteroatoms. The average Bonchev–Trinajstić information content (AvgIpc) is 2.58. The van der Waals surface area contributed by atoms with Gasteiger partial charge in [-0.25, -0.2) is 4.39 Å². The Balaban J connectivity index is 0.00000288. The summed E-state index contributed by atoms with van der Waals surface area (Å²) in [5, 5.41) is 3.37. The molecule has 1 aliphatic rings. The Kier molecular flexibility index (Phi) is 10.5. The van der Waals surface area contributed by atoms with Crippen LogP contribution in [0.5, 0.6) is 0 Å². The van der Waals surface area contributed by atoms with Crippen LogP contribution in [0.3, 0.4) is 0 Å². The standard InChI is InChI=1S/C17H27FN4S.HI/c1-3-19-17(20-9-6-14-23-2)22-12-10-21(11-13-22)16-8-5-4-7-15(16)18;/h4-5,7-8H,3,6,9-14H2,1-2H3,(H,19,20);1H. The molecule has 0 radical (unpaired) electrons. The summed E-state index contributed by atoms with van der Waals surface area (Å²) in [6, 6.07) is 7.01. The van der Waals surface area contributed by atoms with E-state index >= 15 is 0 Å². The van der Waals surface area contributed by atoms with Gasteiger partial charge in [0.15, 0.2) is 5.96 Å². The number of nitrogens with one attached hydrogen (secondary N) is 1. The zero-order valence-electron chi connectivity index (χ0n) is 14.5. The number of hydrogen-bond donors (Lipinski definition) is 1. The van der Waals surface area contributed by atoms with Crippen molar-refractivity contribution in [3.05, 3.63) is 30.1 Å². The molecule has 0 spiro atoms. The fourth-order valence-electron chi connectivity index (χ4n) is 2.69. The minimum absolute atomic E-state index is 0. The number of thioether (sulfide) groups is 1. The van der Waals surface area contributed by atoms with E-state index in [4.69, 9.17) is 4.99 Å². The van der Waals surface area contributed by atoms with E-state index in [1.807, 2.05) is 23.9 Å². The third-order valence-corrected chi connectivity index (χ3v) is 4.57. The van der Waals surface area contributed by atoms with Crippen LogP contribution in [0.15, 0.2) is 29.3 Å². The zero-order valence-corrected chi connectivity index (χ0v) is 17.6. The molecular weight excluding hydrogens is 438 g/mol. The highest BCUT2D eigenvalue weighted by Crippen LogP contribution is 2.20. The van der Waals surface area contributed by atoms with Crippen molar-refractivity contribution in [2.75, 3.05) is 56.2 Å². The van der Waals surface area contributed by atoms with Crippen LogP contribution in [0.1, 0.15) is 13.3 Å². The lowest BCUT2D eigenvalue weighted by atomic mass is 10.2. The molecule has 1 heterocycles. The molecule has 0 bridgehead atoms. The monoisotopic (exact) mass is 466 g/mol. The van der Waals surface area contributed by atoms with Crippen LogP contribution < -0.4 is 10.2 Å². The van der Waals surface area contributed by atoms with Crippen LogP contribution in [-0.4, -0.2) is 62.1 Å². The zero-order chi connectivity index (χ0) is 16.5. The summed E-state index contributed by atoms with van der Waals surface area (Å²) >= 11 is 1.86. The van der Waals surface area contributed by atoms with E-state index in [0.29, 0.717) is 5.69 Å². The first-order valence-corrected chi connectivity index (χ1v) is 9.67. The topological polar surface area (TPSA) is 30.9 Å². The summed E-state index contributed by atoms with van der Waals surface area (Å²) in [4.78, 5) is 9.11. The Morgan fingerprint density at radius 1 is 1.25 bits per heavy atom. The molecule has 0 aromatic heterocycles. The fraction of sp³-hybridized carbons (Fsp3) is 0.588. The molecule has 1 saturated heterocycles. The van der Waals surface area contributed by atoms with E-state index in [2.05, 4.69) is 28.3 Å². The van der Waals surface area contributed by atoms with Crippen LogP contribution in [0, 0.1) is 5.82 Å². The predicted octanol–water partition coefficient (Wildman–Crippen LogP) is 3.28. The van der Waals surface area contributed by atoms with Gasteiger partial charge in [-0.3, -0.25) is 4.99 Å². The SMILES string of the molecule is CCNC(=NCCCSC)N1CCN(c2ccccc2F)CC1.I. The van der Waals surface area contributed by atoms with Gasteiger partial charge >= 0.3 is 0 Å². The molecule has 0 aliphatic carbocycles. The maximum Gasteiger partial charge on any atom is 0.194 e. The van der Waals surface area contributed by atoms with Gasteiger partial charge in [0, 0.05) is 39.3 Å². The highest BCUT2D eigenvalue weighted by atomic mass is 127. The Morgan fingerprint density at radius 2 is 1.96 bits per heavy atom. The number of guanidine groups is 1. The first-order valence-electron chi connectivity index (χ1n) is 8.28. The first-order chi connectivity index (χ1) is 11.3.